The number of aliphatic hydroxyl groups is 1. The fourth-order valence-corrected chi connectivity index (χ4v) is 3.42. The molecule has 0 bridgehead atoms. The number of hydrogen-bond donors (Lipinski definition) is 1. The van der Waals surface area contributed by atoms with Crippen LogP contribution in [0.4, 0.5) is 0 Å². The number of benzene rings is 1. The molecule has 1 aromatic rings. The number of rotatable bonds is 3. The first-order valence-corrected chi connectivity index (χ1v) is 6.65. The van der Waals surface area contributed by atoms with Crippen molar-refractivity contribution in [2.45, 2.75) is 50.9 Å². The Morgan fingerprint density at radius 2 is 1.88 bits per heavy atom. The second kappa shape index (κ2) is 4.43. The Morgan fingerprint density at radius 1 is 1.18 bits per heavy atom. The molecule has 3 rings (SSSR count). The summed E-state index contributed by atoms with van der Waals surface area (Å²) in [5, 5.41) is 9.99. The predicted octanol–water partition coefficient (Wildman–Crippen LogP) is 2.90. The van der Waals surface area contributed by atoms with E-state index < -0.39 is 0 Å². The van der Waals surface area contributed by atoms with Gasteiger partial charge in [-0.2, -0.15) is 0 Å². The van der Waals surface area contributed by atoms with E-state index in [9.17, 15) is 5.11 Å². The molecule has 0 saturated heterocycles. The average molecular weight is 232 g/mol. The van der Waals surface area contributed by atoms with E-state index in [0.717, 1.165) is 19.3 Å². The molecule has 2 aliphatic rings. The zero-order valence-corrected chi connectivity index (χ0v) is 10.1. The topological polar surface area (TPSA) is 29.5 Å². The van der Waals surface area contributed by atoms with Gasteiger partial charge in [-0.15, -0.1) is 0 Å². The molecule has 2 unspecified atom stereocenters. The van der Waals surface area contributed by atoms with Crippen molar-refractivity contribution >= 4 is 0 Å². The standard InChI is InChI=1S/C15H20O2/c16-13-10-14(15(13)8-4-5-9-15)17-11-12-6-2-1-3-7-12/h1-3,6-7,13-14,16H,4-5,8-11H2. The summed E-state index contributed by atoms with van der Waals surface area (Å²) in [6.45, 7) is 0.681. The third-order valence-electron chi connectivity index (χ3n) is 4.57. The third kappa shape index (κ3) is 1.90. The maximum atomic E-state index is 9.99. The van der Waals surface area contributed by atoms with Gasteiger partial charge in [-0.3, -0.25) is 0 Å². The van der Waals surface area contributed by atoms with E-state index in [2.05, 4.69) is 12.1 Å². The van der Waals surface area contributed by atoms with Gasteiger partial charge in [-0.05, 0) is 18.4 Å². The van der Waals surface area contributed by atoms with Crippen LogP contribution in [0.25, 0.3) is 0 Å². The van der Waals surface area contributed by atoms with Gasteiger partial charge in [0.05, 0.1) is 18.8 Å². The summed E-state index contributed by atoms with van der Waals surface area (Å²) in [5.41, 5.74) is 1.33. The molecule has 0 aromatic heterocycles. The molecular formula is C15H20O2. The molecule has 1 spiro atoms. The Kier molecular flexibility index (Phi) is 2.93. The molecule has 2 saturated carbocycles. The first-order valence-electron chi connectivity index (χ1n) is 6.65. The molecule has 2 atom stereocenters. The molecule has 17 heavy (non-hydrogen) atoms. The normalized spacial score (nSPS) is 30.4. The van der Waals surface area contributed by atoms with Crippen LogP contribution in [-0.4, -0.2) is 17.3 Å². The molecule has 2 aliphatic carbocycles. The van der Waals surface area contributed by atoms with Crippen LogP contribution in [0.15, 0.2) is 30.3 Å². The highest BCUT2D eigenvalue weighted by molar-refractivity contribution is 5.14. The van der Waals surface area contributed by atoms with E-state index in [4.69, 9.17) is 4.74 Å². The smallest absolute Gasteiger partial charge is 0.0720 e. The highest BCUT2D eigenvalue weighted by Gasteiger charge is 2.56. The minimum absolute atomic E-state index is 0.106. The third-order valence-corrected chi connectivity index (χ3v) is 4.57. The van der Waals surface area contributed by atoms with Crippen LogP contribution in [0.3, 0.4) is 0 Å². The SMILES string of the molecule is OC1CC(OCc2ccccc2)C12CCCC2. The molecule has 0 aliphatic heterocycles. The van der Waals surface area contributed by atoms with Gasteiger partial charge in [0.25, 0.3) is 0 Å². The highest BCUT2D eigenvalue weighted by Crippen LogP contribution is 2.54. The van der Waals surface area contributed by atoms with E-state index in [1.165, 1.54) is 18.4 Å². The summed E-state index contributed by atoms with van der Waals surface area (Å²) < 4.78 is 6.01. The van der Waals surface area contributed by atoms with Gasteiger partial charge in [0, 0.05) is 11.8 Å². The summed E-state index contributed by atoms with van der Waals surface area (Å²) in [6.07, 6.45) is 5.78. The second-order valence-corrected chi connectivity index (χ2v) is 5.48. The van der Waals surface area contributed by atoms with Crippen LogP contribution >= 0.6 is 0 Å². The highest BCUT2D eigenvalue weighted by atomic mass is 16.5. The maximum Gasteiger partial charge on any atom is 0.0720 e. The van der Waals surface area contributed by atoms with E-state index in [1.807, 2.05) is 18.2 Å². The van der Waals surface area contributed by atoms with Crippen LogP contribution in [0, 0.1) is 5.41 Å². The van der Waals surface area contributed by atoms with Crippen molar-refractivity contribution in [1.82, 2.24) is 0 Å². The van der Waals surface area contributed by atoms with Gasteiger partial charge >= 0.3 is 0 Å². The van der Waals surface area contributed by atoms with Gasteiger partial charge in [-0.1, -0.05) is 43.2 Å². The van der Waals surface area contributed by atoms with E-state index in [1.54, 1.807) is 0 Å². The summed E-state index contributed by atoms with van der Waals surface area (Å²) in [6, 6.07) is 10.3. The van der Waals surface area contributed by atoms with Crippen molar-refractivity contribution in [3.8, 4) is 0 Å². The monoisotopic (exact) mass is 232 g/mol. The molecule has 2 nitrogen and oxygen atoms in total. The predicted molar refractivity (Wildman–Crippen MR) is 66.5 cm³/mol. The Morgan fingerprint density at radius 3 is 2.53 bits per heavy atom. The summed E-state index contributed by atoms with van der Waals surface area (Å²) in [5.74, 6) is 0. The lowest BCUT2D eigenvalue weighted by Crippen LogP contribution is -2.56. The van der Waals surface area contributed by atoms with Crippen LogP contribution in [0.5, 0.6) is 0 Å². The van der Waals surface area contributed by atoms with Gasteiger partial charge in [0.2, 0.25) is 0 Å². The number of ether oxygens (including phenoxy) is 1. The molecule has 0 heterocycles. The largest absolute Gasteiger partial charge is 0.392 e. The Labute approximate surface area is 103 Å². The average Bonchev–Trinajstić information content (AvgIpc) is 2.88. The first kappa shape index (κ1) is 11.2. The zero-order valence-electron chi connectivity index (χ0n) is 10.1. The van der Waals surface area contributed by atoms with E-state index >= 15 is 0 Å². The summed E-state index contributed by atoms with van der Waals surface area (Å²) in [4.78, 5) is 0. The lowest BCUT2D eigenvalue weighted by molar-refractivity contribution is -0.194. The number of hydrogen-bond acceptors (Lipinski definition) is 2. The fourth-order valence-electron chi connectivity index (χ4n) is 3.42. The van der Waals surface area contributed by atoms with Crippen LogP contribution in [0.1, 0.15) is 37.7 Å². The van der Waals surface area contributed by atoms with Crippen molar-refractivity contribution < 1.29 is 9.84 Å². The molecule has 1 aromatic carbocycles. The van der Waals surface area contributed by atoms with Gasteiger partial charge in [-0.25, -0.2) is 0 Å². The van der Waals surface area contributed by atoms with Crippen molar-refractivity contribution in [1.29, 1.82) is 0 Å². The second-order valence-electron chi connectivity index (χ2n) is 5.48. The van der Waals surface area contributed by atoms with E-state index in [0.29, 0.717) is 6.61 Å². The Balaban J connectivity index is 1.60. The summed E-state index contributed by atoms with van der Waals surface area (Å²) in [7, 11) is 0. The van der Waals surface area contributed by atoms with Crippen molar-refractivity contribution in [2.24, 2.45) is 5.41 Å². The maximum absolute atomic E-state index is 9.99. The molecule has 2 fully saturated rings. The minimum Gasteiger partial charge on any atom is -0.392 e. The molecule has 0 amide bonds. The lowest BCUT2D eigenvalue weighted by Gasteiger charge is -2.51. The fraction of sp³-hybridized carbons (Fsp3) is 0.600. The van der Waals surface area contributed by atoms with Crippen LogP contribution in [0.2, 0.25) is 0 Å². The zero-order chi connectivity index (χ0) is 11.7. The Hall–Kier alpha value is -0.860. The van der Waals surface area contributed by atoms with Gasteiger partial charge < -0.3 is 9.84 Å². The van der Waals surface area contributed by atoms with Crippen molar-refractivity contribution in [3.05, 3.63) is 35.9 Å². The molecular weight excluding hydrogens is 212 g/mol. The van der Waals surface area contributed by atoms with Gasteiger partial charge in [0.15, 0.2) is 0 Å². The lowest BCUT2D eigenvalue weighted by atomic mass is 9.62. The quantitative estimate of drug-likeness (QED) is 0.868. The van der Waals surface area contributed by atoms with Crippen molar-refractivity contribution in [3.63, 3.8) is 0 Å². The van der Waals surface area contributed by atoms with Gasteiger partial charge in [0.1, 0.15) is 0 Å². The Bertz CT molecular complexity index is 368. The first-order chi connectivity index (χ1) is 8.31. The molecule has 1 N–H and O–H groups in total. The number of aliphatic hydroxyl groups excluding tert-OH is 1. The minimum atomic E-state index is -0.120. The van der Waals surface area contributed by atoms with Crippen LogP contribution in [-0.2, 0) is 11.3 Å². The van der Waals surface area contributed by atoms with Crippen LogP contribution < -0.4 is 0 Å². The molecule has 0 radical (unpaired) electrons. The van der Waals surface area contributed by atoms with E-state index in [-0.39, 0.29) is 17.6 Å². The molecule has 92 valence electrons. The molecule has 2 heteroatoms. The van der Waals surface area contributed by atoms with Crippen molar-refractivity contribution in [2.75, 3.05) is 0 Å². The summed E-state index contributed by atoms with van der Waals surface area (Å²) >= 11 is 0.